The highest BCUT2D eigenvalue weighted by molar-refractivity contribution is 8.00. The first-order chi connectivity index (χ1) is 15.6. The Morgan fingerprint density at radius 2 is 1.88 bits per heavy atom. The number of thioether (sulfide) groups is 1. The van der Waals surface area contributed by atoms with Gasteiger partial charge >= 0.3 is 0 Å². The standard InChI is InChI=1S/C21H24FN7O2S/c1-15(19(30)25-20-23-7-2-8-24-20)32-21-27-26-18(16-3-5-17(22)6-4-16)29(21)10-9-28-11-13-31-14-12-28/h2-8,15H,9-14H2,1H3,(H,23,24,25,30). The monoisotopic (exact) mass is 457 g/mol. The van der Waals surface area contributed by atoms with Crippen molar-refractivity contribution in [2.24, 2.45) is 0 Å². The number of nitrogens with one attached hydrogen (secondary N) is 1. The zero-order valence-electron chi connectivity index (χ0n) is 17.6. The maximum absolute atomic E-state index is 13.4. The van der Waals surface area contributed by atoms with E-state index < -0.39 is 5.25 Å². The summed E-state index contributed by atoms with van der Waals surface area (Å²) in [5.74, 6) is 0.355. The molecule has 0 saturated carbocycles. The van der Waals surface area contributed by atoms with E-state index in [1.807, 2.05) is 4.57 Å². The van der Waals surface area contributed by atoms with Crippen LogP contribution in [0.5, 0.6) is 0 Å². The van der Waals surface area contributed by atoms with Gasteiger partial charge in [-0.25, -0.2) is 14.4 Å². The second-order valence-electron chi connectivity index (χ2n) is 7.24. The summed E-state index contributed by atoms with van der Waals surface area (Å²) >= 11 is 1.31. The van der Waals surface area contributed by atoms with Crippen molar-refractivity contribution in [3.63, 3.8) is 0 Å². The Hall–Kier alpha value is -2.89. The van der Waals surface area contributed by atoms with Gasteiger partial charge in [-0.2, -0.15) is 0 Å². The Balaban J connectivity index is 1.51. The molecular formula is C21H24FN7O2S. The molecule has 32 heavy (non-hydrogen) atoms. The van der Waals surface area contributed by atoms with Crippen LogP contribution in [-0.2, 0) is 16.1 Å². The van der Waals surface area contributed by atoms with Crippen molar-refractivity contribution in [1.82, 2.24) is 29.6 Å². The lowest BCUT2D eigenvalue weighted by Crippen LogP contribution is -2.38. The van der Waals surface area contributed by atoms with Gasteiger partial charge in [0, 0.05) is 44.1 Å². The molecule has 3 heterocycles. The second kappa shape index (κ2) is 10.6. The van der Waals surface area contributed by atoms with Crippen molar-refractivity contribution in [2.75, 3.05) is 38.2 Å². The van der Waals surface area contributed by atoms with Crippen molar-refractivity contribution in [3.8, 4) is 11.4 Å². The molecule has 1 atom stereocenters. The third-order valence-electron chi connectivity index (χ3n) is 5.01. The maximum Gasteiger partial charge on any atom is 0.240 e. The number of rotatable bonds is 8. The van der Waals surface area contributed by atoms with Gasteiger partial charge < -0.3 is 9.30 Å². The highest BCUT2D eigenvalue weighted by Crippen LogP contribution is 2.27. The molecule has 0 bridgehead atoms. The van der Waals surface area contributed by atoms with Gasteiger partial charge in [0.05, 0.1) is 18.5 Å². The minimum Gasteiger partial charge on any atom is -0.379 e. The van der Waals surface area contributed by atoms with Crippen LogP contribution in [0.1, 0.15) is 6.92 Å². The molecule has 168 valence electrons. The number of morpholine rings is 1. The molecule has 2 aromatic heterocycles. The Bertz CT molecular complexity index is 1030. The molecule has 1 aliphatic heterocycles. The number of carbonyl (C=O) groups excluding carboxylic acids is 1. The van der Waals surface area contributed by atoms with Gasteiger partial charge in [0.25, 0.3) is 0 Å². The number of benzene rings is 1. The fraction of sp³-hybridized carbons (Fsp3) is 0.381. The molecule has 0 spiro atoms. The summed E-state index contributed by atoms with van der Waals surface area (Å²) in [5, 5.41) is 11.6. The van der Waals surface area contributed by atoms with Gasteiger partial charge in [0.2, 0.25) is 11.9 Å². The molecule has 11 heteroatoms. The fourth-order valence-corrected chi connectivity index (χ4v) is 4.12. The van der Waals surface area contributed by atoms with Gasteiger partial charge in [-0.3, -0.25) is 15.0 Å². The van der Waals surface area contributed by atoms with E-state index in [0.717, 1.165) is 25.2 Å². The Morgan fingerprint density at radius 1 is 1.16 bits per heavy atom. The first-order valence-electron chi connectivity index (χ1n) is 10.3. The van der Waals surface area contributed by atoms with Crippen molar-refractivity contribution in [3.05, 3.63) is 48.5 Å². The molecule has 9 nitrogen and oxygen atoms in total. The van der Waals surface area contributed by atoms with Crippen LogP contribution in [0.25, 0.3) is 11.4 Å². The predicted octanol–water partition coefficient (Wildman–Crippen LogP) is 2.33. The third kappa shape index (κ3) is 5.67. The zero-order chi connectivity index (χ0) is 22.3. The van der Waals surface area contributed by atoms with Crippen LogP contribution >= 0.6 is 11.8 Å². The number of amides is 1. The van der Waals surface area contributed by atoms with Crippen molar-refractivity contribution in [2.45, 2.75) is 23.9 Å². The van der Waals surface area contributed by atoms with Crippen LogP contribution in [0.15, 0.2) is 47.9 Å². The molecule has 1 aliphatic rings. The Labute approximate surface area is 189 Å². The lowest BCUT2D eigenvalue weighted by Gasteiger charge is -2.27. The number of nitrogens with zero attached hydrogens (tertiary/aromatic N) is 6. The number of halogens is 1. The van der Waals surface area contributed by atoms with Crippen LogP contribution in [-0.4, -0.2) is 73.6 Å². The molecule has 1 saturated heterocycles. The minimum absolute atomic E-state index is 0.229. The molecule has 1 aromatic carbocycles. The van der Waals surface area contributed by atoms with Crippen molar-refractivity contribution in [1.29, 1.82) is 0 Å². The van der Waals surface area contributed by atoms with E-state index >= 15 is 0 Å². The Kier molecular flexibility index (Phi) is 7.40. The summed E-state index contributed by atoms with van der Waals surface area (Å²) in [6.45, 7) is 6.39. The molecule has 4 rings (SSSR count). The highest BCUT2D eigenvalue weighted by Gasteiger charge is 2.22. The van der Waals surface area contributed by atoms with E-state index in [1.165, 1.54) is 23.9 Å². The first-order valence-corrected chi connectivity index (χ1v) is 11.2. The smallest absolute Gasteiger partial charge is 0.240 e. The average molecular weight is 458 g/mol. The molecule has 0 aliphatic carbocycles. The van der Waals surface area contributed by atoms with E-state index in [1.54, 1.807) is 37.5 Å². The zero-order valence-corrected chi connectivity index (χ0v) is 18.5. The van der Waals surface area contributed by atoms with Crippen LogP contribution < -0.4 is 5.32 Å². The van der Waals surface area contributed by atoms with E-state index in [9.17, 15) is 9.18 Å². The molecule has 1 amide bonds. The average Bonchev–Trinajstić information content (AvgIpc) is 3.21. The lowest BCUT2D eigenvalue weighted by atomic mass is 10.2. The molecule has 0 radical (unpaired) electrons. The summed E-state index contributed by atoms with van der Waals surface area (Å²) in [7, 11) is 0. The summed E-state index contributed by atoms with van der Waals surface area (Å²) in [4.78, 5) is 23.0. The number of hydrogen-bond acceptors (Lipinski definition) is 8. The summed E-state index contributed by atoms with van der Waals surface area (Å²) in [5.41, 5.74) is 0.766. The van der Waals surface area contributed by atoms with Crippen molar-refractivity contribution >= 4 is 23.6 Å². The van der Waals surface area contributed by atoms with E-state index in [4.69, 9.17) is 4.74 Å². The van der Waals surface area contributed by atoms with Gasteiger partial charge in [-0.05, 0) is 37.3 Å². The van der Waals surface area contributed by atoms with Crippen LogP contribution in [0.4, 0.5) is 10.3 Å². The van der Waals surface area contributed by atoms with Crippen molar-refractivity contribution < 1.29 is 13.9 Å². The number of anilines is 1. The number of hydrogen-bond donors (Lipinski definition) is 1. The quantitative estimate of drug-likeness (QED) is 0.515. The van der Waals surface area contributed by atoms with E-state index in [2.05, 4.69) is 30.4 Å². The number of ether oxygens (including phenoxy) is 1. The first kappa shape index (κ1) is 22.3. The lowest BCUT2D eigenvalue weighted by molar-refractivity contribution is -0.115. The summed E-state index contributed by atoms with van der Waals surface area (Å²) in [6, 6.07) is 7.85. The Morgan fingerprint density at radius 3 is 2.59 bits per heavy atom. The highest BCUT2D eigenvalue weighted by atomic mass is 32.2. The third-order valence-corrected chi connectivity index (χ3v) is 6.10. The van der Waals surface area contributed by atoms with Crippen LogP contribution in [0, 0.1) is 5.82 Å². The molecule has 1 N–H and O–H groups in total. The van der Waals surface area contributed by atoms with Gasteiger partial charge in [-0.15, -0.1) is 10.2 Å². The van der Waals surface area contributed by atoms with Gasteiger partial charge in [0.15, 0.2) is 11.0 Å². The van der Waals surface area contributed by atoms with Gasteiger partial charge in [0.1, 0.15) is 5.82 Å². The molecule has 1 unspecified atom stereocenters. The topological polar surface area (TPSA) is 98.1 Å². The maximum atomic E-state index is 13.4. The minimum atomic E-state index is -0.453. The van der Waals surface area contributed by atoms with Crippen LogP contribution in [0.2, 0.25) is 0 Å². The molecular weight excluding hydrogens is 433 g/mol. The predicted molar refractivity (Wildman–Crippen MR) is 119 cm³/mol. The SMILES string of the molecule is CC(Sc1nnc(-c2ccc(F)cc2)n1CCN1CCOCC1)C(=O)Nc1ncccn1. The molecule has 1 fully saturated rings. The number of aromatic nitrogens is 5. The van der Waals surface area contributed by atoms with Gasteiger partial charge in [-0.1, -0.05) is 11.8 Å². The van der Waals surface area contributed by atoms with Crippen LogP contribution in [0.3, 0.4) is 0 Å². The van der Waals surface area contributed by atoms with E-state index in [0.29, 0.717) is 30.7 Å². The normalized spacial score (nSPS) is 15.4. The fourth-order valence-electron chi connectivity index (χ4n) is 3.24. The summed E-state index contributed by atoms with van der Waals surface area (Å²) < 4.78 is 20.8. The molecule has 3 aromatic rings. The van der Waals surface area contributed by atoms with E-state index in [-0.39, 0.29) is 17.7 Å². The second-order valence-corrected chi connectivity index (χ2v) is 8.55. The number of carbonyl (C=O) groups is 1. The largest absolute Gasteiger partial charge is 0.379 e. The summed E-state index contributed by atoms with van der Waals surface area (Å²) in [6.07, 6.45) is 3.13.